The number of nitro groups is 1. The second kappa shape index (κ2) is 8.14. The van der Waals surface area contributed by atoms with Crippen molar-refractivity contribution in [3.63, 3.8) is 0 Å². The van der Waals surface area contributed by atoms with Crippen LogP contribution in [0.4, 0.5) is 15.8 Å². The molecular weight excluding hydrogens is 349 g/mol. The van der Waals surface area contributed by atoms with Crippen LogP contribution in [0.25, 0.3) is 0 Å². The molecule has 1 saturated heterocycles. The number of nitriles is 1. The third-order valence-corrected chi connectivity index (χ3v) is 5.06. The van der Waals surface area contributed by atoms with E-state index in [4.69, 9.17) is 10.00 Å². The number of nitrogens with zero attached hydrogens (tertiary/aromatic N) is 3. The smallest absolute Gasteiger partial charge is 0.293 e. The van der Waals surface area contributed by atoms with Crippen LogP contribution in [0.1, 0.15) is 30.1 Å². The summed E-state index contributed by atoms with van der Waals surface area (Å²) in [5.74, 6) is -0.0364. The SMILES string of the molecule is COC(c1ccc(F)cc1)C1CCN(c2ccc(C#N)cc2[N+](=O)[O-])CC1. The van der Waals surface area contributed by atoms with Gasteiger partial charge in [-0.25, -0.2) is 4.39 Å². The van der Waals surface area contributed by atoms with Crippen LogP contribution < -0.4 is 4.90 Å². The number of nitro benzene ring substituents is 1. The van der Waals surface area contributed by atoms with Gasteiger partial charge in [0.1, 0.15) is 11.5 Å². The first-order valence-electron chi connectivity index (χ1n) is 8.75. The number of methoxy groups -OCH3 is 1. The molecule has 1 heterocycles. The Hall–Kier alpha value is -2.98. The van der Waals surface area contributed by atoms with E-state index < -0.39 is 4.92 Å². The monoisotopic (exact) mass is 369 g/mol. The van der Waals surface area contributed by atoms with E-state index in [1.54, 1.807) is 31.4 Å². The number of halogens is 1. The Labute approximate surface area is 156 Å². The normalized spacial score (nSPS) is 16.0. The van der Waals surface area contributed by atoms with E-state index in [2.05, 4.69) is 0 Å². The van der Waals surface area contributed by atoms with Crippen LogP contribution in [0.15, 0.2) is 42.5 Å². The van der Waals surface area contributed by atoms with Gasteiger partial charge in [-0.15, -0.1) is 0 Å². The second-order valence-corrected chi connectivity index (χ2v) is 6.60. The van der Waals surface area contributed by atoms with Gasteiger partial charge in [0, 0.05) is 26.3 Å². The van der Waals surface area contributed by atoms with Gasteiger partial charge in [0.15, 0.2) is 0 Å². The van der Waals surface area contributed by atoms with Crippen molar-refractivity contribution in [1.29, 1.82) is 5.26 Å². The molecule has 2 aromatic carbocycles. The summed E-state index contributed by atoms with van der Waals surface area (Å²) in [5.41, 5.74) is 1.69. The van der Waals surface area contributed by atoms with Crippen molar-refractivity contribution < 1.29 is 14.1 Å². The maximum Gasteiger partial charge on any atom is 0.293 e. The molecule has 6 nitrogen and oxygen atoms in total. The molecule has 3 rings (SSSR count). The molecule has 0 aliphatic carbocycles. The number of anilines is 1. The molecule has 0 bridgehead atoms. The van der Waals surface area contributed by atoms with Crippen molar-refractivity contribution >= 4 is 11.4 Å². The highest BCUT2D eigenvalue weighted by atomic mass is 19.1. The Morgan fingerprint density at radius 2 is 1.93 bits per heavy atom. The largest absolute Gasteiger partial charge is 0.376 e. The highest BCUT2D eigenvalue weighted by Crippen LogP contribution is 2.37. The number of piperidine rings is 1. The zero-order valence-corrected chi connectivity index (χ0v) is 15.0. The van der Waals surface area contributed by atoms with Gasteiger partial charge in [-0.1, -0.05) is 12.1 Å². The lowest BCUT2D eigenvalue weighted by Crippen LogP contribution is -2.36. The zero-order chi connectivity index (χ0) is 19.4. The fourth-order valence-corrected chi connectivity index (χ4v) is 3.70. The molecule has 0 radical (unpaired) electrons. The lowest BCUT2D eigenvalue weighted by atomic mass is 9.87. The maximum atomic E-state index is 13.2. The topological polar surface area (TPSA) is 79.4 Å². The highest BCUT2D eigenvalue weighted by Gasteiger charge is 2.30. The molecule has 1 aliphatic rings. The van der Waals surface area contributed by atoms with Gasteiger partial charge in [-0.05, 0) is 48.6 Å². The van der Waals surface area contributed by atoms with Crippen molar-refractivity contribution in [2.75, 3.05) is 25.1 Å². The summed E-state index contributed by atoms with van der Waals surface area (Å²) in [6.07, 6.45) is 1.46. The Balaban J connectivity index is 1.74. The zero-order valence-electron chi connectivity index (χ0n) is 15.0. The first-order valence-corrected chi connectivity index (χ1v) is 8.75. The van der Waals surface area contributed by atoms with E-state index in [0.29, 0.717) is 18.8 Å². The van der Waals surface area contributed by atoms with Crippen molar-refractivity contribution in [1.82, 2.24) is 0 Å². The van der Waals surface area contributed by atoms with Crippen molar-refractivity contribution in [2.45, 2.75) is 18.9 Å². The van der Waals surface area contributed by atoms with Crippen LogP contribution in [0.3, 0.4) is 0 Å². The Bertz CT molecular complexity index is 856. The molecule has 2 aromatic rings. The Morgan fingerprint density at radius 3 is 2.48 bits per heavy atom. The van der Waals surface area contributed by atoms with Crippen LogP contribution >= 0.6 is 0 Å². The first kappa shape index (κ1) is 18.8. The van der Waals surface area contributed by atoms with Crippen molar-refractivity contribution in [3.8, 4) is 6.07 Å². The molecule has 1 aliphatic heterocycles. The second-order valence-electron chi connectivity index (χ2n) is 6.60. The van der Waals surface area contributed by atoms with Crippen molar-refractivity contribution in [3.05, 3.63) is 69.5 Å². The molecule has 0 N–H and O–H groups in total. The third-order valence-electron chi connectivity index (χ3n) is 5.06. The maximum absolute atomic E-state index is 13.2. The Morgan fingerprint density at radius 1 is 1.26 bits per heavy atom. The minimum Gasteiger partial charge on any atom is -0.376 e. The molecule has 1 fully saturated rings. The van der Waals surface area contributed by atoms with E-state index in [-0.39, 0.29) is 29.1 Å². The summed E-state index contributed by atoms with van der Waals surface area (Å²) < 4.78 is 18.8. The average Bonchev–Trinajstić information content (AvgIpc) is 2.70. The number of hydrogen-bond acceptors (Lipinski definition) is 5. The number of ether oxygens (including phenoxy) is 1. The van der Waals surface area contributed by atoms with E-state index in [1.165, 1.54) is 18.2 Å². The fourth-order valence-electron chi connectivity index (χ4n) is 3.70. The quantitative estimate of drug-likeness (QED) is 0.583. The minimum absolute atomic E-state index is 0.0469. The molecule has 140 valence electrons. The van der Waals surface area contributed by atoms with E-state index in [0.717, 1.165) is 18.4 Å². The number of benzene rings is 2. The summed E-state index contributed by atoms with van der Waals surface area (Å²) in [7, 11) is 1.64. The summed E-state index contributed by atoms with van der Waals surface area (Å²) in [6, 6.07) is 12.8. The number of hydrogen-bond donors (Lipinski definition) is 0. The van der Waals surface area contributed by atoms with E-state index >= 15 is 0 Å². The molecule has 0 amide bonds. The predicted octanol–water partition coefficient (Wildman–Crippen LogP) is 4.21. The highest BCUT2D eigenvalue weighted by molar-refractivity contribution is 5.65. The summed E-state index contributed by atoms with van der Waals surface area (Å²) in [4.78, 5) is 12.9. The van der Waals surface area contributed by atoms with Crippen LogP contribution in [-0.4, -0.2) is 25.1 Å². The van der Waals surface area contributed by atoms with Gasteiger partial charge in [0.05, 0.1) is 22.7 Å². The minimum atomic E-state index is -0.446. The van der Waals surface area contributed by atoms with E-state index in [1.807, 2.05) is 11.0 Å². The molecule has 1 unspecified atom stereocenters. The lowest BCUT2D eigenvalue weighted by Gasteiger charge is -2.36. The van der Waals surface area contributed by atoms with Crippen LogP contribution in [-0.2, 0) is 4.74 Å². The number of rotatable bonds is 5. The van der Waals surface area contributed by atoms with Gasteiger partial charge >= 0.3 is 0 Å². The Kier molecular flexibility index (Phi) is 5.67. The van der Waals surface area contributed by atoms with Gasteiger partial charge in [-0.3, -0.25) is 10.1 Å². The molecule has 7 heteroatoms. The molecule has 27 heavy (non-hydrogen) atoms. The first-order chi connectivity index (χ1) is 13.0. The predicted molar refractivity (Wildman–Crippen MR) is 98.9 cm³/mol. The summed E-state index contributed by atoms with van der Waals surface area (Å²) in [5, 5.41) is 20.4. The van der Waals surface area contributed by atoms with Crippen LogP contribution in [0.2, 0.25) is 0 Å². The van der Waals surface area contributed by atoms with Gasteiger partial charge in [0.2, 0.25) is 0 Å². The molecular formula is C20H20FN3O3. The standard InChI is InChI=1S/C20H20FN3O3/c1-27-20(15-3-5-17(21)6-4-15)16-8-10-23(11-9-16)18-7-2-14(13-22)12-19(18)24(25)26/h2-7,12,16,20H,8-11H2,1H3. The molecule has 0 aromatic heterocycles. The van der Waals surface area contributed by atoms with Gasteiger partial charge in [-0.2, -0.15) is 5.26 Å². The molecule has 0 saturated carbocycles. The summed E-state index contributed by atoms with van der Waals surface area (Å²) >= 11 is 0. The van der Waals surface area contributed by atoms with Crippen LogP contribution in [0, 0.1) is 33.2 Å². The third kappa shape index (κ3) is 4.07. The molecule has 0 spiro atoms. The van der Waals surface area contributed by atoms with Crippen molar-refractivity contribution in [2.24, 2.45) is 5.92 Å². The molecule has 1 atom stereocenters. The van der Waals surface area contributed by atoms with E-state index in [9.17, 15) is 14.5 Å². The van der Waals surface area contributed by atoms with Gasteiger partial charge in [0.25, 0.3) is 5.69 Å². The fraction of sp³-hybridized carbons (Fsp3) is 0.350. The van der Waals surface area contributed by atoms with Gasteiger partial charge < -0.3 is 9.64 Å². The van der Waals surface area contributed by atoms with Crippen LogP contribution in [0.5, 0.6) is 0 Å². The summed E-state index contributed by atoms with van der Waals surface area (Å²) in [6.45, 7) is 1.30. The lowest BCUT2D eigenvalue weighted by molar-refractivity contribution is -0.384. The average molecular weight is 369 g/mol.